The molecule has 1 aliphatic carbocycles. The number of para-hydroxylation sites is 1. The number of amides is 2. The lowest BCUT2D eigenvalue weighted by Gasteiger charge is -2.36. The van der Waals surface area contributed by atoms with Crippen molar-refractivity contribution in [1.82, 2.24) is 10.2 Å². The minimum atomic E-state index is -0.379. The van der Waals surface area contributed by atoms with Crippen LogP contribution < -0.4 is 15.8 Å². The van der Waals surface area contributed by atoms with E-state index < -0.39 is 0 Å². The van der Waals surface area contributed by atoms with Crippen LogP contribution in [0.1, 0.15) is 72.4 Å². The molecule has 0 spiro atoms. The zero-order chi connectivity index (χ0) is 24.3. The van der Waals surface area contributed by atoms with Crippen LogP contribution in [0, 0.1) is 23.7 Å². The molecule has 0 saturated heterocycles. The zero-order valence-electron chi connectivity index (χ0n) is 20.9. The lowest BCUT2D eigenvalue weighted by Crippen LogP contribution is -2.52. The molecule has 1 aromatic carbocycles. The van der Waals surface area contributed by atoms with Crippen LogP contribution in [0.4, 0.5) is 0 Å². The van der Waals surface area contributed by atoms with Crippen molar-refractivity contribution < 1.29 is 14.3 Å². The molecule has 1 saturated carbocycles. The molecule has 0 aromatic heterocycles. The van der Waals surface area contributed by atoms with E-state index >= 15 is 0 Å². The number of carbonyl (C=O) groups is 2. The Morgan fingerprint density at radius 2 is 1.91 bits per heavy atom. The highest BCUT2D eigenvalue weighted by atomic mass is 16.5. The smallest absolute Gasteiger partial charge is 0.231 e. The number of hydrogen-bond donors (Lipinski definition) is 2. The Hall–Kier alpha value is -2.57. The summed E-state index contributed by atoms with van der Waals surface area (Å²) in [5, 5.41) is 3.25. The molecular formula is C26H40N4O3. The lowest BCUT2D eigenvalue weighted by molar-refractivity contribution is -0.130. The van der Waals surface area contributed by atoms with Crippen molar-refractivity contribution in [2.45, 2.75) is 72.4 Å². The van der Waals surface area contributed by atoms with E-state index in [1.165, 1.54) is 0 Å². The van der Waals surface area contributed by atoms with Gasteiger partial charge in [0, 0.05) is 23.9 Å². The number of benzene rings is 1. The first-order valence-corrected chi connectivity index (χ1v) is 12.5. The highest BCUT2D eigenvalue weighted by Crippen LogP contribution is 2.48. The molecule has 33 heavy (non-hydrogen) atoms. The summed E-state index contributed by atoms with van der Waals surface area (Å²) < 4.78 is 5.80. The van der Waals surface area contributed by atoms with E-state index in [1.807, 2.05) is 52.0 Å². The second-order valence-electron chi connectivity index (χ2n) is 9.44. The second-order valence-corrected chi connectivity index (χ2v) is 9.44. The Bertz CT molecular complexity index is 895. The molecule has 2 heterocycles. The molecule has 5 atom stereocenters. The van der Waals surface area contributed by atoms with Crippen LogP contribution >= 0.6 is 0 Å². The molecule has 7 nitrogen and oxygen atoms in total. The largest absolute Gasteiger partial charge is 0.493 e. The van der Waals surface area contributed by atoms with Gasteiger partial charge in [0.1, 0.15) is 5.75 Å². The summed E-state index contributed by atoms with van der Waals surface area (Å²) in [5.41, 5.74) is 6.85. The molecule has 1 aromatic rings. The number of nitrogens with two attached hydrogens (primary N) is 1. The predicted molar refractivity (Wildman–Crippen MR) is 131 cm³/mol. The van der Waals surface area contributed by atoms with Gasteiger partial charge in [-0.3, -0.25) is 14.5 Å². The van der Waals surface area contributed by atoms with E-state index in [4.69, 9.17) is 10.5 Å². The maximum absolute atomic E-state index is 13.1. The number of nitrogens with zero attached hydrogens (tertiary/aromatic N) is 2. The molecular weight excluding hydrogens is 416 g/mol. The average molecular weight is 457 g/mol. The fourth-order valence-corrected chi connectivity index (χ4v) is 5.13. The first-order chi connectivity index (χ1) is 15.8. The van der Waals surface area contributed by atoms with Gasteiger partial charge in [-0.15, -0.1) is 0 Å². The minimum Gasteiger partial charge on any atom is -0.493 e. The maximum Gasteiger partial charge on any atom is 0.231 e. The number of hydrogen-bond acceptors (Lipinski definition) is 5. The van der Waals surface area contributed by atoms with E-state index in [-0.39, 0.29) is 47.1 Å². The Labute approximate surface area is 198 Å². The summed E-state index contributed by atoms with van der Waals surface area (Å²) in [6.07, 6.45) is 1.97. The Morgan fingerprint density at radius 1 is 1.24 bits per heavy atom. The summed E-state index contributed by atoms with van der Waals surface area (Å²) in [4.78, 5) is 32.2. The van der Waals surface area contributed by atoms with Crippen molar-refractivity contribution >= 4 is 17.8 Å². The van der Waals surface area contributed by atoms with Crippen molar-refractivity contribution in [3.63, 3.8) is 0 Å². The Kier molecular flexibility index (Phi) is 7.70. The van der Waals surface area contributed by atoms with E-state index in [1.54, 1.807) is 4.90 Å². The summed E-state index contributed by atoms with van der Waals surface area (Å²) in [7, 11) is 0. The van der Waals surface area contributed by atoms with Crippen LogP contribution in [0.2, 0.25) is 0 Å². The molecule has 0 bridgehead atoms. The summed E-state index contributed by atoms with van der Waals surface area (Å²) in [5.74, 6) is 1.56. The third-order valence-electron chi connectivity index (χ3n) is 7.61. The van der Waals surface area contributed by atoms with Gasteiger partial charge in [0.25, 0.3) is 0 Å². The van der Waals surface area contributed by atoms with Crippen LogP contribution in [-0.4, -0.2) is 41.4 Å². The minimum absolute atomic E-state index is 0.0152. The number of ether oxygens (including phenoxy) is 1. The third kappa shape index (κ3) is 4.87. The van der Waals surface area contributed by atoms with Gasteiger partial charge in [0.2, 0.25) is 11.8 Å². The van der Waals surface area contributed by atoms with E-state index in [0.717, 1.165) is 24.2 Å². The van der Waals surface area contributed by atoms with Gasteiger partial charge in [-0.1, -0.05) is 59.7 Å². The fraction of sp³-hybridized carbons (Fsp3) is 0.654. The number of fused-ring (bicyclic) bond motifs is 1. The van der Waals surface area contributed by atoms with Gasteiger partial charge in [-0.25, -0.2) is 4.99 Å². The Balaban J connectivity index is 0.00000149. The molecule has 182 valence electrons. The monoisotopic (exact) mass is 456 g/mol. The summed E-state index contributed by atoms with van der Waals surface area (Å²) in [6, 6.07) is 7.81. The van der Waals surface area contributed by atoms with Gasteiger partial charge < -0.3 is 15.8 Å². The normalized spacial score (nSPS) is 29.6. The predicted octanol–water partition coefficient (Wildman–Crippen LogP) is 3.89. The highest BCUT2D eigenvalue weighted by Gasteiger charge is 2.54. The average Bonchev–Trinajstić information content (AvgIpc) is 3.48. The number of rotatable bonds is 6. The highest BCUT2D eigenvalue weighted by molar-refractivity contribution is 5.99. The summed E-state index contributed by atoms with van der Waals surface area (Å²) >= 11 is 0. The van der Waals surface area contributed by atoms with Gasteiger partial charge in [-0.05, 0) is 30.7 Å². The summed E-state index contributed by atoms with van der Waals surface area (Å²) in [6.45, 7) is 13.3. The van der Waals surface area contributed by atoms with Crippen molar-refractivity contribution in [3.05, 3.63) is 29.8 Å². The van der Waals surface area contributed by atoms with Crippen molar-refractivity contribution in [2.75, 3.05) is 13.2 Å². The number of carbonyl (C=O) groups excluding carboxylic acids is 2. The third-order valence-corrected chi connectivity index (χ3v) is 7.61. The number of aliphatic imine (C=N–C) groups is 1. The van der Waals surface area contributed by atoms with E-state index in [0.29, 0.717) is 25.5 Å². The number of nitrogens with one attached hydrogen (secondary N) is 1. The number of guanidine groups is 1. The van der Waals surface area contributed by atoms with Gasteiger partial charge in [0.05, 0.1) is 24.6 Å². The van der Waals surface area contributed by atoms with Crippen LogP contribution in [0.5, 0.6) is 5.75 Å². The van der Waals surface area contributed by atoms with Crippen LogP contribution in [0.15, 0.2) is 29.3 Å². The first kappa shape index (κ1) is 25.1. The van der Waals surface area contributed by atoms with Crippen LogP contribution in [0.3, 0.4) is 0 Å². The second kappa shape index (κ2) is 10.1. The first-order valence-electron chi connectivity index (χ1n) is 12.5. The molecule has 7 heteroatoms. The quantitative estimate of drug-likeness (QED) is 0.679. The van der Waals surface area contributed by atoms with E-state index in [2.05, 4.69) is 24.2 Å². The van der Waals surface area contributed by atoms with Gasteiger partial charge >= 0.3 is 0 Å². The zero-order valence-corrected chi connectivity index (χ0v) is 20.9. The van der Waals surface area contributed by atoms with Crippen LogP contribution in [0.25, 0.3) is 0 Å². The lowest BCUT2D eigenvalue weighted by atomic mass is 9.88. The molecule has 3 aliphatic rings. The van der Waals surface area contributed by atoms with Gasteiger partial charge in [-0.2, -0.15) is 0 Å². The van der Waals surface area contributed by atoms with E-state index in [9.17, 15) is 9.59 Å². The van der Waals surface area contributed by atoms with Gasteiger partial charge in [0.15, 0.2) is 5.96 Å². The fourth-order valence-electron chi connectivity index (χ4n) is 5.13. The molecule has 3 N–H and O–H groups in total. The molecule has 1 fully saturated rings. The molecule has 4 rings (SSSR count). The van der Waals surface area contributed by atoms with Crippen LogP contribution in [-0.2, 0) is 9.59 Å². The molecule has 2 aliphatic heterocycles. The molecule has 0 radical (unpaired) electrons. The topological polar surface area (TPSA) is 97.0 Å². The van der Waals surface area contributed by atoms with Crippen molar-refractivity contribution in [1.29, 1.82) is 0 Å². The SMILES string of the molecule is CC.CCC1(CC)CC(=O)N(CC2C(C)C2C(=O)N[C@@H]2c3ccccc3OC[C@@H]2C)C(N)=N1. The maximum atomic E-state index is 13.1. The van der Waals surface area contributed by atoms with Crippen molar-refractivity contribution in [3.8, 4) is 5.75 Å². The standard InChI is InChI=1S/C24H34N4O3.C2H6/c1-5-24(6-2)11-19(29)28(23(25)27-24)12-17-15(4)20(17)22(30)26-21-14(3)13-31-18-10-8-7-9-16(18)21;1-2/h7-10,14-15,17,20-21H,5-6,11-13H2,1-4H3,(H2,25,27)(H,26,30);1-2H3/t14-,15?,17?,20?,21-;/m0./s1. The molecule has 3 unspecified atom stereocenters. The molecule has 2 amide bonds. The van der Waals surface area contributed by atoms with Crippen molar-refractivity contribution in [2.24, 2.45) is 34.4 Å². The Morgan fingerprint density at radius 3 is 2.55 bits per heavy atom.